The van der Waals surface area contributed by atoms with Gasteiger partial charge in [0, 0.05) is 23.7 Å². The molecule has 0 aliphatic heterocycles. The molecule has 154 valence electrons. The molecule has 0 spiro atoms. The predicted molar refractivity (Wildman–Crippen MR) is 115 cm³/mol. The van der Waals surface area contributed by atoms with Gasteiger partial charge in [-0.05, 0) is 54.0 Å². The van der Waals surface area contributed by atoms with Crippen molar-refractivity contribution in [3.05, 3.63) is 58.7 Å². The molecule has 6 nitrogen and oxygen atoms in total. The van der Waals surface area contributed by atoms with E-state index in [0.29, 0.717) is 29.7 Å². The van der Waals surface area contributed by atoms with Gasteiger partial charge in [0.15, 0.2) is 0 Å². The zero-order valence-electron chi connectivity index (χ0n) is 17.4. The van der Waals surface area contributed by atoms with Gasteiger partial charge >= 0.3 is 0 Å². The average molecular weight is 402 g/mol. The van der Waals surface area contributed by atoms with Gasteiger partial charge in [0.2, 0.25) is 5.82 Å². The Balaban J connectivity index is 1.63. The van der Waals surface area contributed by atoms with E-state index < -0.39 is 0 Å². The molecule has 1 heterocycles. The van der Waals surface area contributed by atoms with E-state index in [-0.39, 0.29) is 12.6 Å². The molecule has 0 fully saturated rings. The molecule has 2 aromatic carbocycles. The largest absolute Gasteiger partial charge is 0.395 e. The number of nitrogens with zero attached hydrogens (tertiary/aromatic N) is 3. The number of hydrogen-bond acceptors (Lipinski definition) is 6. The van der Waals surface area contributed by atoms with Crippen molar-refractivity contribution in [3.63, 3.8) is 0 Å². The van der Waals surface area contributed by atoms with Crippen molar-refractivity contribution < 1.29 is 9.63 Å². The highest BCUT2D eigenvalue weighted by Gasteiger charge is 2.26. The van der Waals surface area contributed by atoms with Crippen LogP contribution >= 0.6 is 0 Å². The Morgan fingerprint density at radius 3 is 2.93 bits per heavy atom. The van der Waals surface area contributed by atoms with Gasteiger partial charge in [0.25, 0.3) is 5.89 Å². The van der Waals surface area contributed by atoms with Crippen molar-refractivity contribution in [2.75, 3.05) is 13.2 Å². The molecule has 1 aromatic heterocycles. The number of nitrogens with one attached hydrogen (secondary N) is 1. The second-order valence-electron chi connectivity index (χ2n) is 8.15. The first-order chi connectivity index (χ1) is 14.6. The van der Waals surface area contributed by atoms with Crippen molar-refractivity contribution in [2.45, 2.75) is 39.2 Å². The molecule has 1 aliphatic carbocycles. The minimum Gasteiger partial charge on any atom is -0.395 e. The lowest BCUT2D eigenvalue weighted by atomic mass is 9.97. The van der Waals surface area contributed by atoms with Crippen LogP contribution in [-0.2, 0) is 12.8 Å². The standard InChI is InChI=1S/C24H26N4O2/c1-15(2)12-16-6-7-17(13-18(16)14-25)24-27-23(28-30-24)21-5-3-4-20-19(21)8-9-22(20)26-10-11-29/h3-7,13,15,22,26,29H,8-12H2,1-2H3/t22-/m0/s1. The third kappa shape index (κ3) is 4.00. The van der Waals surface area contributed by atoms with Gasteiger partial charge in [-0.3, -0.25) is 0 Å². The second kappa shape index (κ2) is 8.78. The highest BCUT2D eigenvalue weighted by molar-refractivity contribution is 5.66. The second-order valence-corrected chi connectivity index (χ2v) is 8.15. The summed E-state index contributed by atoms with van der Waals surface area (Å²) in [5, 5.41) is 26.2. The summed E-state index contributed by atoms with van der Waals surface area (Å²) in [6.45, 7) is 4.98. The first-order valence-electron chi connectivity index (χ1n) is 10.4. The number of aromatic nitrogens is 2. The molecule has 30 heavy (non-hydrogen) atoms. The molecule has 0 unspecified atom stereocenters. The summed E-state index contributed by atoms with van der Waals surface area (Å²) in [4.78, 5) is 4.63. The maximum Gasteiger partial charge on any atom is 0.258 e. The normalized spacial score (nSPS) is 15.4. The summed E-state index contributed by atoms with van der Waals surface area (Å²) in [7, 11) is 0. The lowest BCUT2D eigenvalue weighted by Crippen LogP contribution is -2.22. The van der Waals surface area contributed by atoms with Crippen LogP contribution in [0.5, 0.6) is 0 Å². The van der Waals surface area contributed by atoms with Gasteiger partial charge in [-0.1, -0.05) is 43.3 Å². The molecule has 0 saturated heterocycles. The van der Waals surface area contributed by atoms with Crippen molar-refractivity contribution in [2.24, 2.45) is 5.92 Å². The Labute approximate surface area is 176 Å². The minimum absolute atomic E-state index is 0.125. The molecule has 3 aromatic rings. The average Bonchev–Trinajstić information content (AvgIpc) is 3.39. The molecule has 0 bridgehead atoms. The Bertz CT molecular complexity index is 1080. The highest BCUT2D eigenvalue weighted by atomic mass is 16.5. The monoisotopic (exact) mass is 402 g/mol. The molecule has 0 amide bonds. The van der Waals surface area contributed by atoms with E-state index in [1.54, 1.807) is 0 Å². The van der Waals surface area contributed by atoms with E-state index in [4.69, 9.17) is 9.63 Å². The first kappa shape index (κ1) is 20.3. The summed E-state index contributed by atoms with van der Waals surface area (Å²) < 4.78 is 5.56. The van der Waals surface area contributed by atoms with Gasteiger partial charge in [0.1, 0.15) is 0 Å². The van der Waals surface area contributed by atoms with E-state index in [1.807, 2.05) is 30.3 Å². The van der Waals surface area contributed by atoms with Crippen LogP contribution < -0.4 is 5.32 Å². The molecule has 4 rings (SSSR count). The molecule has 6 heteroatoms. The van der Waals surface area contributed by atoms with Crippen LogP contribution in [0.1, 0.15) is 48.6 Å². The van der Waals surface area contributed by atoms with Crippen molar-refractivity contribution in [1.82, 2.24) is 15.5 Å². The fourth-order valence-electron chi connectivity index (χ4n) is 4.20. The summed E-state index contributed by atoms with van der Waals surface area (Å²) in [6, 6.07) is 14.4. The quantitative estimate of drug-likeness (QED) is 0.619. The molecular formula is C24H26N4O2. The Kier molecular flexibility index (Phi) is 5.93. The molecule has 1 atom stereocenters. The van der Waals surface area contributed by atoms with E-state index in [2.05, 4.69) is 41.4 Å². The number of rotatable bonds is 7. The molecule has 0 saturated carbocycles. The van der Waals surface area contributed by atoms with E-state index in [0.717, 1.165) is 36.0 Å². The van der Waals surface area contributed by atoms with E-state index in [9.17, 15) is 5.26 Å². The predicted octanol–water partition coefficient (Wildman–Crippen LogP) is 4.04. The van der Waals surface area contributed by atoms with E-state index in [1.165, 1.54) is 11.1 Å². The van der Waals surface area contributed by atoms with Crippen LogP contribution in [0.3, 0.4) is 0 Å². The first-order valence-corrected chi connectivity index (χ1v) is 10.4. The van der Waals surface area contributed by atoms with Crippen LogP contribution in [0.15, 0.2) is 40.9 Å². The lowest BCUT2D eigenvalue weighted by Gasteiger charge is -2.13. The maximum atomic E-state index is 9.54. The number of benzene rings is 2. The fourth-order valence-corrected chi connectivity index (χ4v) is 4.20. The van der Waals surface area contributed by atoms with Gasteiger partial charge in [-0.2, -0.15) is 10.2 Å². The summed E-state index contributed by atoms with van der Waals surface area (Å²) >= 11 is 0. The maximum absolute atomic E-state index is 9.54. The summed E-state index contributed by atoms with van der Waals surface area (Å²) in [6.07, 6.45) is 2.78. The highest BCUT2D eigenvalue weighted by Crippen LogP contribution is 2.37. The SMILES string of the molecule is CC(C)Cc1ccc(-c2nc(-c3cccc4c3CC[C@@H]4NCCO)no2)cc1C#N. The van der Waals surface area contributed by atoms with Crippen LogP contribution in [-0.4, -0.2) is 28.4 Å². The number of fused-ring (bicyclic) bond motifs is 1. The van der Waals surface area contributed by atoms with Gasteiger partial charge < -0.3 is 14.9 Å². The lowest BCUT2D eigenvalue weighted by molar-refractivity contribution is 0.284. The number of nitriles is 1. The fraction of sp³-hybridized carbons (Fsp3) is 0.375. The molecular weight excluding hydrogens is 376 g/mol. The van der Waals surface area contributed by atoms with Crippen LogP contribution in [0.25, 0.3) is 22.8 Å². The minimum atomic E-state index is 0.125. The van der Waals surface area contributed by atoms with Gasteiger partial charge in [-0.25, -0.2) is 0 Å². The van der Waals surface area contributed by atoms with Crippen molar-refractivity contribution in [3.8, 4) is 28.9 Å². The van der Waals surface area contributed by atoms with Crippen molar-refractivity contribution in [1.29, 1.82) is 5.26 Å². The summed E-state index contributed by atoms with van der Waals surface area (Å²) in [5.41, 5.74) is 5.89. The Morgan fingerprint density at radius 1 is 1.30 bits per heavy atom. The smallest absolute Gasteiger partial charge is 0.258 e. The van der Waals surface area contributed by atoms with Gasteiger partial charge in [0.05, 0.1) is 18.2 Å². The summed E-state index contributed by atoms with van der Waals surface area (Å²) in [5.74, 6) is 1.46. The third-order valence-corrected chi connectivity index (χ3v) is 5.55. The zero-order chi connectivity index (χ0) is 21.1. The third-order valence-electron chi connectivity index (χ3n) is 5.55. The molecule has 0 radical (unpaired) electrons. The Morgan fingerprint density at radius 2 is 2.17 bits per heavy atom. The topological polar surface area (TPSA) is 95.0 Å². The van der Waals surface area contributed by atoms with Gasteiger partial charge in [-0.15, -0.1) is 0 Å². The number of hydrogen-bond donors (Lipinski definition) is 2. The van der Waals surface area contributed by atoms with Crippen molar-refractivity contribution >= 4 is 0 Å². The van der Waals surface area contributed by atoms with Crippen LogP contribution in [0.2, 0.25) is 0 Å². The van der Waals surface area contributed by atoms with E-state index >= 15 is 0 Å². The number of aliphatic hydroxyl groups excluding tert-OH is 1. The Hall–Kier alpha value is -3.01. The van der Waals surface area contributed by atoms with Crippen LogP contribution in [0, 0.1) is 17.2 Å². The molecule has 2 N–H and O–H groups in total. The number of aliphatic hydroxyl groups is 1. The zero-order valence-corrected chi connectivity index (χ0v) is 17.4. The molecule has 1 aliphatic rings. The van der Waals surface area contributed by atoms with Crippen LogP contribution in [0.4, 0.5) is 0 Å².